The van der Waals surface area contributed by atoms with Crippen LogP contribution in [0.4, 0.5) is 0 Å². The minimum Gasteiger partial charge on any atom is -0.473 e. The number of aromatic nitrogens is 2. The van der Waals surface area contributed by atoms with Crippen LogP contribution in [0.3, 0.4) is 0 Å². The SMILES string of the molecule is C/C=C/COc1ncnc(Cl)c1C. The third kappa shape index (κ3) is 2.70. The second-order valence-electron chi connectivity index (χ2n) is 2.47. The standard InChI is InChI=1S/C9H11ClN2O/c1-3-4-5-13-9-7(2)8(10)11-6-12-9/h3-4,6H,5H2,1-2H3/b4-3+. The van der Waals surface area contributed by atoms with E-state index in [1.807, 2.05) is 26.0 Å². The molecule has 0 saturated heterocycles. The van der Waals surface area contributed by atoms with Gasteiger partial charge in [-0.2, -0.15) is 0 Å². The summed E-state index contributed by atoms with van der Waals surface area (Å²) in [6.45, 7) is 4.27. The molecule has 4 heteroatoms. The van der Waals surface area contributed by atoms with Crippen molar-refractivity contribution in [2.75, 3.05) is 6.61 Å². The molecule has 1 heterocycles. The van der Waals surface area contributed by atoms with Gasteiger partial charge >= 0.3 is 0 Å². The van der Waals surface area contributed by atoms with Gasteiger partial charge in [-0.3, -0.25) is 0 Å². The van der Waals surface area contributed by atoms with Crippen LogP contribution < -0.4 is 4.74 Å². The first-order chi connectivity index (χ1) is 6.25. The lowest BCUT2D eigenvalue weighted by atomic mass is 10.4. The fourth-order valence-corrected chi connectivity index (χ4v) is 0.907. The van der Waals surface area contributed by atoms with E-state index < -0.39 is 0 Å². The molecule has 0 saturated carbocycles. The lowest BCUT2D eigenvalue weighted by Crippen LogP contribution is -1.99. The Labute approximate surface area is 82.4 Å². The second kappa shape index (κ2) is 4.82. The van der Waals surface area contributed by atoms with E-state index in [0.29, 0.717) is 17.6 Å². The zero-order valence-corrected chi connectivity index (χ0v) is 8.38. The number of hydrogen-bond donors (Lipinski definition) is 0. The van der Waals surface area contributed by atoms with Gasteiger partial charge in [0.1, 0.15) is 18.1 Å². The number of rotatable bonds is 3. The van der Waals surface area contributed by atoms with Gasteiger partial charge in [0.2, 0.25) is 5.88 Å². The number of allylic oxidation sites excluding steroid dienone is 1. The summed E-state index contributed by atoms with van der Waals surface area (Å²) < 4.78 is 5.34. The molecule has 70 valence electrons. The van der Waals surface area contributed by atoms with Crippen molar-refractivity contribution in [3.05, 3.63) is 29.2 Å². The Balaban J connectivity index is 2.71. The van der Waals surface area contributed by atoms with Crippen LogP contribution in [0.2, 0.25) is 5.15 Å². The van der Waals surface area contributed by atoms with Gasteiger partial charge in [-0.15, -0.1) is 0 Å². The van der Waals surface area contributed by atoms with Crippen LogP contribution in [-0.4, -0.2) is 16.6 Å². The summed E-state index contributed by atoms with van der Waals surface area (Å²) in [6, 6.07) is 0. The molecule has 0 amide bonds. The van der Waals surface area contributed by atoms with Gasteiger partial charge in [0, 0.05) is 5.56 Å². The lowest BCUT2D eigenvalue weighted by Gasteiger charge is -2.05. The monoisotopic (exact) mass is 198 g/mol. The molecular weight excluding hydrogens is 188 g/mol. The van der Waals surface area contributed by atoms with Crippen molar-refractivity contribution in [3.8, 4) is 5.88 Å². The Kier molecular flexibility index (Phi) is 3.71. The molecule has 1 aromatic rings. The topological polar surface area (TPSA) is 35.0 Å². The van der Waals surface area contributed by atoms with E-state index in [1.54, 1.807) is 0 Å². The molecule has 1 aromatic heterocycles. The molecule has 3 nitrogen and oxygen atoms in total. The molecule has 0 radical (unpaired) electrons. The smallest absolute Gasteiger partial charge is 0.221 e. The largest absolute Gasteiger partial charge is 0.473 e. The summed E-state index contributed by atoms with van der Waals surface area (Å²) in [6.07, 6.45) is 5.20. The quantitative estimate of drug-likeness (QED) is 0.553. The third-order valence-corrected chi connectivity index (χ3v) is 1.91. The van der Waals surface area contributed by atoms with Crippen LogP contribution in [0.1, 0.15) is 12.5 Å². The number of halogens is 1. The highest BCUT2D eigenvalue weighted by atomic mass is 35.5. The van der Waals surface area contributed by atoms with Crippen molar-refractivity contribution in [2.24, 2.45) is 0 Å². The van der Waals surface area contributed by atoms with Gasteiger partial charge in [0.15, 0.2) is 0 Å². The molecule has 0 spiro atoms. The first kappa shape index (κ1) is 9.99. The maximum atomic E-state index is 5.78. The number of ether oxygens (including phenoxy) is 1. The first-order valence-corrected chi connectivity index (χ1v) is 4.34. The maximum Gasteiger partial charge on any atom is 0.221 e. The molecule has 0 unspecified atom stereocenters. The van der Waals surface area contributed by atoms with Gasteiger partial charge in [-0.05, 0) is 13.8 Å². The molecule has 1 rings (SSSR count). The fraction of sp³-hybridized carbons (Fsp3) is 0.333. The minimum atomic E-state index is 0.436. The number of hydrogen-bond acceptors (Lipinski definition) is 3. The lowest BCUT2D eigenvalue weighted by molar-refractivity contribution is 0.344. The first-order valence-electron chi connectivity index (χ1n) is 3.96. The Bertz CT molecular complexity index is 312. The van der Waals surface area contributed by atoms with E-state index in [-0.39, 0.29) is 0 Å². The molecule has 0 aliphatic rings. The summed E-state index contributed by atoms with van der Waals surface area (Å²) in [5.41, 5.74) is 0.772. The molecule has 13 heavy (non-hydrogen) atoms. The molecule has 0 aliphatic carbocycles. The van der Waals surface area contributed by atoms with Crippen molar-refractivity contribution in [2.45, 2.75) is 13.8 Å². The highest BCUT2D eigenvalue weighted by molar-refractivity contribution is 6.30. The van der Waals surface area contributed by atoms with Crippen LogP contribution in [0.5, 0.6) is 5.88 Å². The fourth-order valence-electron chi connectivity index (χ4n) is 0.783. The van der Waals surface area contributed by atoms with Crippen molar-refractivity contribution in [3.63, 3.8) is 0 Å². The average Bonchev–Trinajstić information content (AvgIpc) is 2.13. The molecule has 0 atom stereocenters. The van der Waals surface area contributed by atoms with Crippen molar-refractivity contribution in [1.82, 2.24) is 9.97 Å². The predicted molar refractivity (Wildman–Crippen MR) is 52.1 cm³/mol. The van der Waals surface area contributed by atoms with Crippen LogP contribution >= 0.6 is 11.6 Å². The Morgan fingerprint density at radius 2 is 2.31 bits per heavy atom. The van der Waals surface area contributed by atoms with E-state index in [4.69, 9.17) is 16.3 Å². The van der Waals surface area contributed by atoms with E-state index >= 15 is 0 Å². The normalized spacial score (nSPS) is 10.7. The van der Waals surface area contributed by atoms with E-state index in [2.05, 4.69) is 9.97 Å². The summed E-state index contributed by atoms with van der Waals surface area (Å²) in [7, 11) is 0. The van der Waals surface area contributed by atoms with Gasteiger partial charge < -0.3 is 4.74 Å². The van der Waals surface area contributed by atoms with E-state index in [1.165, 1.54) is 6.33 Å². The second-order valence-corrected chi connectivity index (χ2v) is 2.83. The van der Waals surface area contributed by atoms with Gasteiger partial charge in [-0.25, -0.2) is 9.97 Å². The van der Waals surface area contributed by atoms with Crippen LogP contribution in [0.15, 0.2) is 18.5 Å². The summed E-state index contributed by atoms with van der Waals surface area (Å²) in [5, 5.41) is 0.436. The molecule has 0 fully saturated rings. The van der Waals surface area contributed by atoms with Gasteiger partial charge in [-0.1, -0.05) is 23.8 Å². The van der Waals surface area contributed by atoms with Gasteiger partial charge in [0.05, 0.1) is 0 Å². The predicted octanol–water partition coefficient (Wildman–Crippen LogP) is 2.39. The molecule has 0 N–H and O–H groups in total. The molecule has 0 aromatic carbocycles. The zero-order valence-electron chi connectivity index (χ0n) is 7.62. The summed E-state index contributed by atoms with van der Waals surface area (Å²) in [4.78, 5) is 7.78. The van der Waals surface area contributed by atoms with Crippen molar-refractivity contribution < 1.29 is 4.74 Å². The number of nitrogens with zero attached hydrogens (tertiary/aromatic N) is 2. The summed E-state index contributed by atoms with van der Waals surface area (Å²) in [5.74, 6) is 0.540. The molecule has 0 aliphatic heterocycles. The minimum absolute atomic E-state index is 0.436. The highest BCUT2D eigenvalue weighted by Crippen LogP contribution is 2.19. The Morgan fingerprint density at radius 3 is 3.00 bits per heavy atom. The molecule has 0 bridgehead atoms. The zero-order chi connectivity index (χ0) is 9.68. The van der Waals surface area contributed by atoms with Crippen LogP contribution in [0, 0.1) is 6.92 Å². The average molecular weight is 199 g/mol. The van der Waals surface area contributed by atoms with Crippen LogP contribution in [-0.2, 0) is 0 Å². The third-order valence-electron chi connectivity index (χ3n) is 1.53. The maximum absolute atomic E-state index is 5.78. The Morgan fingerprint density at radius 1 is 1.54 bits per heavy atom. The van der Waals surface area contributed by atoms with Crippen LogP contribution in [0.25, 0.3) is 0 Å². The van der Waals surface area contributed by atoms with E-state index in [0.717, 1.165) is 5.56 Å². The molecular formula is C9H11ClN2O. The summed E-state index contributed by atoms with van der Waals surface area (Å²) >= 11 is 5.78. The van der Waals surface area contributed by atoms with E-state index in [9.17, 15) is 0 Å². The Hall–Kier alpha value is -1.09. The van der Waals surface area contributed by atoms with Crippen molar-refractivity contribution >= 4 is 11.6 Å². The highest BCUT2D eigenvalue weighted by Gasteiger charge is 2.04. The van der Waals surface area contributed by atoms with Gasteiger partial charge in [0.25, 0.3) is 0 Å². The van der Waals surface area contributed by atoms with Crippen molar-refractivity contribution in [1.29, 1.82) is 0 Å².